The molecule has 0 radical (unpaired) electrons. The molecule has 2 aromatic heterocycles. The molecule has 124 valence electrons. The number of nitrogens with zero attached hydrogens (tertiary/aromatic N) is 2. The van der Waals surface area contributed by atoms with E-state index < -0.39 is 0 Å². The first-order valence-corrected chi connectivity index (χ1v) is 8.57. The van der Waals surface area contributed by atoms with E-state index in [4.69, 9.17) is 0 Å². The molecule has 1 aliphatic carbocycles. The molecule has 4 rings (SSSR count). The van der Waals surface area contributed by atoms with Crippen molar-refractivity contribution in [3.8, 4) is 0 Å². The number of hydrogen-bond acceptors (Lipinski definition) is 2. The Hall–Kier alpha value is -2.56. The van der Waals surface area contributed by atoms with E-state index in [1.54, 1.807) is 24.0 Å². The van der Waals surface area contributed by atoms with Gasteiger partial charge < -0.3 is 10.3 Å². The summed E-state index contributed by atoms with van der Waals surface area (Å²) in [5.74, 6) is 0.464. The van der Waals surface area contributed by atoms with Crippen LogP contribution in [0.1, 0.15) is 47.7 Å². The molecule has 5 heteroatoms. The molecule has 0 spiro atoms. The average Bonchev–Trinajstić information content (AvgIpc) is 3.21. The fourth-order valence-electron chi connectivity index (χ4n) is 3.89. The number of hydrogen-bond donors (Lipinski definition) is 2. The fourth-order valence-corrected chi connectivity index (χ4v) is 3.89. The van der Waals surface area contributed by atoms with Gasteiger partial charge in [-0.3, -0.25) is 9.48 Å². The van der Waals surface area contributed by atoms with Gasteiger partial charge in [-0.15, -0.1) is 0 Å². The van der Waals surface area contributed by atoms with Crippen LogP contribution in [0.15, 0.2) is 42.7 Å². The van der Waals surface area contributed by atoms with Gasteiger partial charge in [0.25, 0.3) is 5.91 Å². The number of carbonyl (C=O) groups excluding carboxylic acids is 1. The number of aromatic amines is 1. The number of aromatic nitrogens is 3. The summed E-state index contributed by atoms with van der Waals surface area (Å²) >= 11 is 0. The summed E-state index contributed by atoms with van der Waals surface area (Å²) in [7, 11) is 1.80. The normalized spacial score (nSPS) is 21.0. The van der Waals surface area contributed by atoms with Crippen LogP contribution < -0.4 is 5.32 Å². The van der Waals surface area contributed by atoms with Crippen molar-refractivity contribution in [2.24, 2.45) is 7.05 Å². The Bertz CT molecular complexity index is 863. The molecule has 24 heavy (non-hydrogen) atoms. The lowest BCUT2D eigenvalue weighted by atomic mass is 9.81. The van der Waals surface area contributed by atoms with Gasteiger partial charge >= 0.3 is 0 Å². The summed E-state index contributed by atoms with van der Waals surface area (Å²) in [6.07, 6.45) is 8.15. The lowest BCUT2D eigenvalue weighted by Crippen LogP contribution is -2.38. The van der Waals surface area contributed by atoms with E-state index in [2.05, 4.69) is 45.9 Å². The second-order valence-electron chi connectivity index (χ2n) is 6.66. The highest BCUT2D eigenvalue weighted by molar-refractivity contribution is 5.92. The third-order valence-electron chi connectivity index (χ3n) is 5.12. The van der Waals surface area contributed by atoms with Crippen LogP contribution in [0.4, 0.5) is 0 Å². The minimum Gasteiger partial charge on any atom is -0.361 e. The summed E-state index contributed by atoms with van der Waals surface area (Å²) in [4.78, 5) is 15.8. The molecule has 0 aliphatic heterocycles. The summed E-state index contributed by atoms with van der Waals surface area (Å²) in [5, 5.41) is 8.57. The van der Waals surface area contributed by atoms with Crippen LogP contribution in [-0.4, -0.2) is 26.7 Å². The lowest BCUT2D eigenvalue weighted by Gasteiger charge is -2.29. The second-order valence-corrected chi connectivity index (χ2v) is 6.66. The minimum absolute atomic E-state index is 0.0282. The standard InChI is InChI=1S/C19H22N4O/c1-23-18(9-10-21-23)19(24)22-14-6-4-5-13(11-14)16-12-20-17-8-3-2-7-15(16)17/h2-3,7-10,12-14,20H,4-6,11H2,1H3,(H,22,24)/t13-,14+/m1/s1. The highest BCUT2D eigenvalue weighted by atomic mass is 16.2. The van der Waals surface area contributed by atoms with Crippen molar-refractivity contribution in [1.82, 2.24) is 20.1 Å². The van der Waals surface area contributed by atoms with Gasteiger partial charge in [0.05, 0.1) is 0 Å². The van der Waals surface area contributed by atoms with Gasteiger partial charge in [0.1, 0.15) is 5.69 Å². The number of carbonyl (C=O) groups is 1. The molecule has 2 atom stereocenters. The van der Waals surface area contributed by atoms with Crippen molar-refractivity contribution >= 4 is 16.8 Å². The zero-order valence-electron chi connectivity index (χ0n) is 13.8. The number of nitrogens with one attached hydrogen (secondary N) is 2. The van der Waals surface area contributed by atoms with Crippen LogP contribution in [-0.2, 0) is 7.05 Å². The quantitative estimate of drug-likeness (QED) is 0.776. The third kappa shape index (κ3) is 2.70. The SMILES string of the molecule is Cn1nccc1C(=O)N[C@H]1CCC[C@@H](c2c[nH]c3ccccc23)C1. The summed E-state index contributed by atoms with van der Waals surface area (Å²) in [5.41, 5.74) is 3.18. The van der Waals surface area contributed by atoms with E-state index in [1.165, 1.54) is 22.9 Å². The second kappa shape index (κ2) is 6.15. The summed E-state index contributed by atoms with van der Waals surface area (Å²) in [6.45, 7) is 0. The molecule has 1 aromatic carbocycles. The monoisotopic (exact) mass is 322 g/mol. The Balaban J connectivity index is 1.50. The number of amides is 1. The number of rotatable bonds is 3. The first kappa shape index (κ1) is 15.0. The van der Waals surface area contributed by atoms with Gasteiger partial charge in [0.15, 0.2) is 0 Å². The van der Waals surface area contributed by atoms with Crippen molar-refractivity contribution in [2.75, 3.05) is 0 Å². The van der Waals surface area contributed by atoms with Crippen LogP contribution >= 0.6 is 0 Å². The molecule has 0 unspecified atom stereocenters. The number of benzene rings is 1. The fraction of sp³-hybridized carbons (Fsp3) is 0.368. The Kier molecular flexibility index (Phi) is 3.84. The molecule has 2 N–H and O–H groups in total. The van der Waals surface area contributed by atoms with E-state index in [1.807, 2.05) is 0 Å². The molecule has 1 saturated carbocycles. The minimum atomic E-state index is -0.0282. The van der Waals surface area contributed by atoms with Gasteiger partial charge in [-0.05, 0) is 42.9 Å². The van der Waals surface area contributed by atoms with Crippen LogP contribution in [0.5, 0.6) is 0 Å². The van der Waals surface area contributed by atoms with Gasteiger partial charge in [0.2, 0.25) is 0 Å². The highest BCUT2D eigenvalue weighted by Crippen LogP contribution is 2.36. The maximum Gasteiger partial charge on any atom is 0.269 e. The van der Waals surface area contributed by atoms with E-state index in [9.17, 15) is 4.79 Å². The van der Waals surface area contributed by atoms with Crippen molar-refractivity contribution < 1.29 is 4.79 Å². The predicted molar refractivity (Wildman–Crippen MR) is 94.0 cm³/mol. The Labute approximate surface area is 141 Å². The van der Waals surface area contributed by atoms with Crippen molar-refractivity contribution in [3.05, 3.63) is 54.0 Å². The van der Waals surface area contributed by atoms with Gasteiger partial charge in [0, 0.05) is 36.4 Å². The zero-order valence-corrected chi connectivity index (χ0v) is 13.8. The van der Waals surface area contributed by atoms with Gasteiger partial charge in [-0.2, -0.15) is 5.10 Å². The maximum absolute atomic E-state index is 12.4. The number of aryl methyl sites for hydroxylation is 1. The molecular formula is C19H22N4O. The Morgan fingerprint density at radius 2 is 2.17 bits per heavy atom. The lowest BCUT2D eigenvalue weighted by molar-refractivity contribution is 0.0915. The number of para-hydroxylation sites is 1. The van der Waals surface area contributed by atoms with Crippen LogP contribution in [0, 0.1) is 0 Å². The largest absolute Gasteiger partial charge is 0.361 e. The third-order valence-corrected chi connectivity index (χ3v) is 5.12. The molecule has 0 saturated heterocycles. The molecule has 5 nitrogen and oxygen atoms in total. The smallest absolute Gasteiger partial charge is 0.269 e. The molecule has 0 bridgehead atoms. The van der Waals surface area contributed by atoms with E-state index >= 15 is 0 Å². The van der Waals surface area contributed by atoms with E-state index in [0.29, 0.717) is 11.6 Å². The maximum atomic E-state index is 12.4. The molecule has 1 amide bonds. The van der Waals surface area contributed by atoms with Crippen molar-refractivity contribution in [1.29, 1.82) is 0 Å². The molecular weight excluding hydrogens is 300 g/mol. The van der Waals surface area contributed by atoms with Gasteiger partial charge in [-0.1, -0.05) is 24.6 Å². The molecule has 1 aliphatic rings. The Morgan fingerprint density at radius 1 is 1.29 bits per heavy atom. The van der Waals surface area contributed by atoms with Crippen LogP contribution in [0.25, 0.3) is 10.9 Å². The van der Waals surface area contributed by atoms with E-state index in [-0.39, 0.29) is 11.9 Å². The van der Waals surface area contributed by atoms with E-state index in [0.717, 1.165) is 19.3 Å². The molecule has 3 aromatic rings. The summed E-state index contributed by atoms with van der Waals surface area (Å²) in [6, 6.07) is 10.4. The molecule has 2 heterocycles. The molecule has 1 fully saturated rings. The number of H-pyrrole nitrogens is 1. The van der Waals surface area contributed by atoms with Crippen LogP contribution in [0.3, 0.4) is 0 Å². The van der Waals surface area contributed by atoms with Crippen molar-refractivity contribution in [2.45, 2.75) is 37.6 Å². The first-order valence-electron chi connectivity index (χ1n) is 8.57. The van der Waals surface area contributed by atoms with Crippen molar-refractivity contribution in [3.63, 3.8) is 0 Å². The van der Waals surface area contributed by atoms with Crippen LogP contribution in [0.2, 0.25) is 0 Å². The Morgan fingerprint density at radius 3 is 3.00 bits per heavy atom. The average molecular weight is 322 g/mol. The summed E-state index contributed by atoms with van der Waals surface area (Å²) < 4.78 is 1.62. The number of fused-ring (bicyclic) bond motifs is 1. The zero-order chi connectivity index (χ0) is 16.5. The predicted octanol–water partition coefficient (Wildman–Crippen LogP) is 3.36. The first-order chi connectivity index (χ1) is 11.7. The van der Waals surface area contributed by atoms with Gasteiger partial charge in [-0.25, -0.2) is 0 Å². The topological polar surface area (TPSA) is 62.7 Å². The highest BCUT2D eigenvalue weighted by Gasteiger charge is 2.26.